The molecule has 0 fully saturated rings. The molecule has 0 saturated heterocycles. The molecule has 152 valence electrons. The Morgan fingerprint density at radius 2 is 1.77 bits per heavy atom. The molecule has 0 saturated carbocycles. The Labute approximate surface area is 178 Å². The van der Waals surface area contributed by atoms with E-state index in [1.807, 2.05) is 12.1 Å². The number of nitro benzene ring substituents is 1. The van der Waals surface area contributed by atoms with Crippen molar-refractivity contribution in [1.29, 1.82) is 10.5 Å². The van der Waals surface area contributed by atoms with Crippen LogP contribution in [0, 0.1) is 32.8 Å². The van der Waals surface area contributed by atoms with Gasteiger partial charge < -0.3 is 9.32 Å². The zero-order chi connectivity index (χ0) is 22.2. The maximum atomic E-state index is 13.0. The fourth-order valence-corrected chi connectivity index (χ4v) is 2.96. The average molecular weight is 412 g/mol. The molecule has 3 rings (SSSR count). The molecular weight excluding hydrogens is 396 g/mol. The summed E-state index contributed by atoms with van der Waals surface area (Å²) in [5.41, 5.74) is 0.543. The Kier molecular flexibility index (Phi) is 6.57. The number of rotatable bonds is 7. The predicted octanol–water partition coefficient (Wildman–Crippen LogP) is 4.71. The van der Waals surface area contributed by atoms with Gasteiger partial charge in [-0.3, -0.25) is 14.9 Å². The van der Waals surface area contributed by atoms with Gasteiger partial charge in [0.2, 0.25) is 0 Å². The van der Waals surface area contributed by atoms with Crippen molar-refractivity contribution in [2.24, 2.45) is 0 Å². The number of para-hydroxylation sites is 2. The van der Waals surface area contributed by atoms with E-state index in [9.17, 15) is 20.2 Å². The highest BCUT2D eigenvalue weighted by Gasteiger charge is 2.21. The third-order valence-corrected chi connectivity index (χ3v) is 4.39. The first kappa shape index (κ1) is 21.0. The number of nitrogens with zero attached hydrogens (tertiary/aromatic N) is 4. The van der Waals surface area contributed by atoms with Gasteiger partial charge in [0, 0.05) is 24.4 Å². The van der Waals surface area contributed by atoms with Crippen molar-refractivity contribution >= 4 is 23.4 Å². The lowest BCUT2D eigenvalue weighted by Gasteiger charge is -2.21. The molecule has 1 heterocycles. The molecule has 0 aliphatic heterocycles. The van der Waals surface area contributed by atoms with Crippen LogP contribution in [-0.2, 0) is 4.79 Å². The second-order valence-electron chi connectivity index (χ2n) is 6.35. The summed E-state index contributed by atoms with van der Waals surface area (Å²) < 4.78 is 5.65. The van der Waals surface area contributed by atoms with Crippen molar-refractivity contribution in [1.82, 2.24) is 0 Å². The first-order valence-electron chi connectivity index (χ1n) is 9.24. The summed E-state index contributed by atoms with van der Waals surface area (Å²) in [4.78, 5) is 25.1. The Hall–Kier alpha value is -4.69. The van der Waals surface area contributed by atoms with E-state index in [1.54, 1.807) is 48.5 Å². The summed E-state index contributed by atoms with van der Waals surface area (Å²) in [6.45, 7) is 0.123. The second kappa shape index (κ2) is 9.68. The summed E-state index contributed by atoms with van der Waals surface area (Å²) in [5.74, 6) is -0.133. The van der Waals surface area contributed by atoms with Gasteiger partial charge in [0.1, 0.15) is 23.2 Å². The highest BCUT2D eigenvalue weighted by Crippen LogP contribution is 2.31. The van der Waals surface area contributed by atoms with Crippen molar-refractivity contribution in [3.05, 3.63) is 88.2 Å². The fourth-order valence-electron chi connectivity index (χ4n) is 2.96. The van der Waals surface area contributed by atoms with Gasteiger partial charge in [-0.15, -0.1) is 0 Å². The number of furan rings is 1. The lowest BCUT2D eigenvalue weighted by atomic mass is 10.1. The molecule has 0 aliphatic carbocycles. The van der Waals surface area contributed by atoms with Crippen LogP contribution < -0.4 is 4.90 Å². The second-order valence-corrected chi connectivity index (χ2v) is 6.35. The number of carbonyl (C=O) groups excluding carboxylic acids is 1. The van der Waals surface area contributed by atoms with Crippen molar-refractivity contribution < 1.29 is 14.1 Å². The Balaban J connectivity index is 1.93. The minimum atomic E-state index is -0.576. The van der Waals surface area contributed by atoms with Crippen LogP contribution in [0.4, 0.5) is 11.4 Å². The first-order valence-corrected chi connectivity index (χ1v) is 9.24. The van der Waals surface area contributed by atoms with E-state index < -0.39 is 10.8 Å². The van der Waals surface area contributed by atoms with E-state index in [0.717, 1.165) is 0 Å². The third-order valence-electron chi connectivity index (χ3n) is 4.39. The van der Waals surface area contributed by atoms with Gasteiger partial charge in [-0.1, -0.05) is 30.3 Å². The number of carbonyl (C=O) groups is 1. The van der Waals surface area contributed by atoms with Crippen LogP contribution in [0.15, 0.2) is 76.7 Å². The van der Waals surface area contributed by atoms with E-state index in [0.29, 0.717) is 5.69 Å². The molecule has 1 amide bonds. The van der Waals surface area contributed by atoms with Crippen LogP contribution in [0.3, 0.4) is 0 Å². The van der Waals surface area contributed by atoms with Crippen LogP contribution in [-0.4, -0.2) is 17.4 Å². The van der Waals surface area contributed by atoms with Crippen LogP contribution in [0.25, 0.3) is 17.4 Å². The topological polar surface area (TPSA) is 124 Å². The molecule has 0 radical (unpaired) electrons. The SMILES string of the molecule is N#CCCN(C(=O)/C(C#N)=C\c1ccc(-c2ccccc2[N+](=O)[O-])o1)c1ccccc1. The predicted molar refractivity (Wildman–Crippen MR) is 113 cm³/mol. The maximum absolute atomic E-state index is 13.0. The van der Waals surface area contributed by atoms with Crippen molar-refractivity contribution in [2.75, 3.05) is 11.4 Å². The summed E-state index contributed by atoms with van der Waals surface area (Å²) in [7, 11) is 0. The molecule has 31 heavy (non-hydrogen) atoms. The quantitative estimate of drug-likeness (QED) is 0.239. The average Bonchev–Trinajstić information content (AvgIpc) is 3.26. The monoisotopic (exact) mass is 412 g/mol. The lowest BCUT2D eigenvalue weighted by molar-refractivity contribution is -0.384. The number of nitriles is 2. The van der Waals surface area contributed by atoms with Crippen LogP contribution in [0.1, 0.15) is 12.2 Å². The van der Waals surface area contributed by atoms with E-state index >= 15 is 0 Å². The van der Waals surface area contributed by atoms with Gasteiger partial charge >= 0.3 is 0 Å². The summed E-state index contributed by atoms with van der Waals surface area (Å²) in [6.07, 6.45) is 1.38. The molecule has 8 nitrogen and oxygen atoms in total. The molecule has 3 aromatic rings. The highest BCUT2D eigenvalue weighted by molar-refractivity contribution is 6.11. The smallest absolute Gasteiger partial charge is 0.280 e. The molecular formula is C23H16N4O4. The molecule has 0 atom stereocenters. The fraction of sp³-hybridized carbons (Fsp3) is 0.0870. The molecule has 2 aromatic carbocycles. The number of amides is 1. The van der Waals surface area contributed by atoms with Crippen LogP contribution in [0.5, 0.6) is 0 Å². The number of benzene rings is 2. The lowest BCUT2D eigenvalue weighted by Crippen LogP contribution is -2.32. The maximum Gasteiger partial charge on any atom is 0.280 e. The largest absolute Gasteiger partial charge is 0.456 e. The van der Waals surface area contributed by atoms with Crippen molar-refractivity contribution in [2.45, 2.75) is 6.42 Å². The molecule has 0 spiro atoms. The molecule has 0 unspecified atom stereocenters. The summed E-state index contributed by atoms with van der Waals surface area (Å²) in [6, 6.07) is 21.8. The minimum Gasteiger partial charge on any atom is -0.456 e. The molecule has 0 bridgehead atoms. The Bertz CT molecular complexity index is 1220. The molecule has 0 N–H and O–H groups in total. The summed E-state index contributed by atoms with van der Waals surface area (Å²) >= 11 is 0. The Morgan fingerprint density at radius 1 is 1.06 bits per heavy atom. The third kappa shape index (κ3) is 4.84. The standard InChI is InChI=1S/C23H16N4O4/c24-13-6-14-26(18-7-2-1-3-8-18)23(28)17(16-25)15-19-11-12-22(31-19)20-9-4-5-10-21(20)27(29)30/h1-5,7-12,15H,6,14H2/b17-15-. The number of hydrogen-bond acceptors (Lipinski definition) is 6. The van der Waals surface area contributed by atoms with Crippen molar-refractivity contribution in [3.63, 3.8) is 0 Å². The van der Waals surface area contributed by atoms with Crippen LogP contribution in [0.2, 0.25) is 0 Å². The zero-order valence-corrected chi connectivity index (χ0v) is 16.3. The minimum absolute atomic E-state index is 0.0991. The van der Waals surface area contributed by atoms with Gasteiger partial charge in [-0.25, -0.2) is 0 Å². The highest BCUT2D eigenvalue weighted by atomic mass is 16.6. The van der Waals surface area contributed by atoms with E-state index in [4.69, 9.17) is 9.68 Å². The van der Waals surface area contributed by atoms with E-state index in [-0.39, 0.29) is 41.3 Å². The van der Waals surface area contributed by atoms with Gasteiger partial charge in [-0.2, -0.15) is 10.5 Å². The normalized spacial score (nSPS) is 10.7. The van der Waals surface area contributed by atoms with Crippen molar-refractivity contribution in [3.8, 4) is 23.5 Å². The first-order chi connectivity index (χ1) is 15.0. The Morgan fingerprint density at radius 3 is 2.45 bits per heavy atom. The van der Waals surface area contributed by atoms with Crippen LogP contribution >= 0.6 is 0 Å². The molecule has 0 aliphatic rings. The van der Waals surface area contributed by atoms with Gasteiger partial charge in [-0.05, 0) is 30.3 Å². The zero-order valence-electron chi connectivity index (χ0n) is 16.3. The van der Waals surface area contributed by atoms with E-state index in [1.165, 1.54) is 29.2 Å². The number of anilines is 1. The van der Waals surface area contributed by atoms with E-state index in [2.05, 4.69) is 0 Å². The molecule has 8 heteroatoms. The number of nitro groups is 1. The van der Waals surface area contributed by atoms with Gasteiger partial charge in [0.15, 0.2) is 0 Å². The summed E-state index contributed by atoms with van der Waals surface area (Å²) in [5, 5.41) is 29.7. The van der Waals surface area contributed by atoms with Gasteiger partial charge in [0.25, 0.3) is 11.6 Å². The molecule has 1 aromatic heterocycles. The van der Waals surface area contributed by atoms with Gasteiger partial charge in [0.05, 0.1) is 23.0 Å². The number of hydrogen-bond donors (Lipinski definition) is 0.